The number of hydrogen-bond acceptors (Lipinski definition) is 4. The molecule has 3 heterocycles. The summed E-state index contributed by atoms with van der Waals surface area (Å²) in [5.74, 6) is 0.441. The van der Waals surface area contributed by atoms with E-state index in [0.29, 0.717) is 36.1 Å². The van der Waals surface area contributed by atoms with E-state index in [1.54, 1.807) is 12.1 Å². The smallest absolute Gasteiger partial charge is 0.262 e. The maximum atomic E-state index is 12.7. The van der Waals surface area contributed by atoms with E-state index in [1.165, 1.54) is 0 Å². The first-order valence-corrected chi connectivity index (χ1v) is 9.00. The average molecular weight is 341 g/mol. The van der Waals surface area contributed by atoms with Gasteiger partial charge < -0.3 is 10.2 Å². The Morgan fingerprint density at radius 3 is 2.40 bits per heavy atom. The van der Waals surface area contributed by atoms with Crippen molar-refractivity contribution in [1.29, 1.82) is 0 Å². The summed E-state index contributed by atoms with van der Waals surface area (Å²) in [6.45, 7) is 5.22. The fourth-order valence-corrected chi connectivity index (χ4v) is 4.25. The number of likely N-dealkylation sites (tertiary alicyclic amines) is 1. The molecule has 2 saturated heterocycles. The number of nitrogens with one attached hydrogen (secondary N) is 1. The number of carbonyl (C=O) groups excluding carboxylic acids is 3. The Bertz CT molecular complexity index is 731. The maximum Gasteiger partial charge on any atom is 0.262 e. The minimum absolute atomic E-state index is 0.126. The molecule has 3 aliphatic rings. The van der Waals surface area contributed by atoms with Gasteiger partial charge in [0.25, 0.3) is 11.8 Å². The Balaban J connectivity index is 1.45. The number of hydrogen-bond donors (Lipinski definition) is 1. The van der Waals surface area contributed by atoms with Crippen LogP contribution >= 0.6 is 0 Å². The van der Waals surface area contributed by atoms with Crippen molar-refractivity contribution < 1.29 is 14.4 Å². The Labute approximate surface area is 147 Å². The highest BCUT2D eigenvalue weighted by Gasteiger charge is 2.38. The van der Waals surface area contributed by atoms with Gasteiger partial charge in [0, 0.05) is 13.1 Å². The van der Waals surface area contributed by atoms with Gasteiger partial charge in [0.2, 0.25) is 5.91 Å². The highest BCUT2D eigenvalue weighted by atomic mass is 16.2. The molecule has 4 rings (SSSR count). The first kappa shape index (κ1) is 16.3. The highest BCUT2D eigenvalue weighted by molar-refractivity contribution is 6.22. The normalized spacial score (nSPS) is 25.8. The van der Waals surface area contributed by atoms with Crippen molar-refractivity contribution in [2.45, 2.75) is 19.8 Å². The minimum Gasteiger partial charge on any atom is -0.341 e. The third-order valence-corrected chi connectivity index (χ3v) is 5.79. The van der Waals surface area contributed by atoms with E-state index in [2.05, 4.69) is 5.32 Å². The van der Waals surface area contributed by atoms with Crippen molar-refractivity contribution in [1.82, 2.24) is 15.1 Å². The fourth-order valence-electron chi connectivity index (χ4n) is 4.25. The third kappa shape index (κ3) is 2.84. The molecule has 0 aliphatic carbocycles. The number of carbonyl (C=O) groups is 3. The van der Waals surface area contributed by atoms with Gasteiger partial charge in [-0.05, 0) is 56.8 Å². The summed E-state index contributed by atoms with van der Waals surface area (Å²) in [6.07, 6.45) is 1.98. The van der Waals surface area contributed by atoms with Gasteiger partial charge in [-0.25, -0.2) is 0 Å². The second-order valence-corrected chi connectivity index (χ2v) is 7.38. The van der Waals surface area contributed by atoms with Crippen molar-refractivity contribution in [2.75, 3.05) is 32.7 Å². The van der Waals surface area contributed by atoms with Crippen LogP contribution < -0.4 is 5.32 Å². The van der Waals surface area contributed by atoms with Crippen LogP contribution in [0.25, 0.3) is 0 Å². The molecule has 3 aliphatic heterocycles. The van der Waals surface area contributed by atoms with Gasteiger partial charge in [0.05, 0.1) is 11.1 Å². The molecule has 0 aromatic heterocycles. The molecule has 0 saturated carbocycles. The summed E-state index contributed by atoms with van der Waals surface area (Å²) >= 11 is 0. The van der Waals surface area contributed by atoms with Gasteiger partial charge in [0.15, 0.2) is 0 Å². The number of imide groups is 1. The minimum atomic E-state index is -0.357. The van der Waals surface area contributed by atoms with Crippen molar-refractivity contribution in [3.63, 3.8) is 0 Å². The van der Waals surface area contributed by atoms with Gasteiger partial charge in [0.1, 0.15) is 6.54 Å². The van der Waals surface area contributed by atoms with E-state index in [4.69, 9.17) is 0 Å². The Morgan fingerprint density at radius 2 is 1.72 bits per heavy atom. The zero-order valence-corrected chi connectivity index (χ0v) is 14.5. The lowest BCUT2D eigenvalue weighted by molar-refractivity contribution is -0.131. The highest BCUT2D eigenvalue weighted by Crippen LogP contribution is 2.28. The van der Waals surface area contributed by atoms with Crippen LogP contribution in [0.15, 0.2) is 18.2 Å². The Kier molecular flexibility index (Phi) is 4.07. The fraction of sp³-hybridized carbons (Fsp3) is 0.526. The van der Waals surface area contributed by atoms with Crippen molar-refractivity contribution in [2.24, 2.45) is 11.8 Å². The summed E-state index contributed by atoms with van der Waals surface area (Å²) in [5.41, 5.74) is 1.75. The van der Waals surface area contributed by atoms with E-state index in [9.17, 15) is 14.4 Å². The largest absolute Gasteiger partial charge is 0.341 e. The lowest BCUT2D eigenvalue weighted by Crippen LogP contribution is -2.43. The van der Waals surface area contributed by atoms with Crippen LogP contribution in [0.4, 0.5) is 0 Å². The Hall–Kier alpha value is -2.21. The van der Waals surface area contributed by atoms with Crippen molar-refractivity contribution in [3.05, 3.63) is 34.9 Å². The zero-order chi connectivity index (χ0) is 17.6. The molecule has 132 valence electrons. The van der Waals surface area contributed by atoms with Crippen LogP contribution in [0, 0.1) is 18.8 Å². The monoisotopic (exact) mass is 341 g/mol. The summed E-state index contributed by atoms with van der Waals surface area (Å²) in [5, 5.41) is 3.42. The SMILES string of the molecule is Cc1ccc2c(c1)C(=O)N(CC(=O)N1CC[C@@H]3CNC[C@@H]3CC1)C2=O. The maximum absolute atomic E-state index is 12.7. The van der Waals surface area contributed by atoms with E-state index >= 15 is 0 Å². The van der Waals surface area contributed by atoms with Crippen molar-refractivity contribution >= 4 is 17.7 Å². The molecule has 1 aromatic rings. The first-order valence-electron chi connectivity index (χ1n) is 9.00. The van der Waals surface area contributed by atoms with Gasteiger partial charge in [-0.1, -0.05) is 11.6 Å². The molecular weight excluding hydrogens is 318 g/mol. The zero-order valence-electron chi connectivity index (χ0n) is 14.5. The second kappa shape index (κ2) is 6.26. The Morgan fingerprint density at radius 1 is 1.08 bits per heavy atom. The third-order valence-electron chi connectivity index (χ3n) is 5.79. The quantitative estimate of drug-likeness (QED) is 0.817. The van der Waals surface area contributed by atoms with Crippen LogP contribution in [0.1, 0.15) is 39.1 Å². The molecule has 1 N–H and O–H groups in total. The van der Waals surface area contributed by atoms with Crippen LogP contribution in [0.3, 0.4) is 0 Å². The number of fused-ring (bicyclic) bond motifs is 2. The number of nitrogens with zero attached hydrogens (tertiary/aromatic N) is 2. The molecule has 2 fully saturated rings. The van der Waals surface area contributed by atoms with Crippen LogP contribution in [0.5, 0.6) is 0 Å². The van der Waals surface area contributed by atoms with E-state index in [0.717, 1.165) is 36.4 Å². The number of benzene rings is 1. The van der Waals surface area contributed by atoms with Crippen LogP contribution in [0.2, 0.25) is 0 Å². The van der Waals surface area contributed by atoms with Gasteiger partial charge >= 0.3 is 0 Å². The number of aryl methyl sites for hydroxylation is 1. The van der Waals surface area contributed by atoms with Crippen molar-refractivity contribution in [3.8, 4) is 0 Å². The topological polar surface area (TPSA) is 69.7 Å². The summed E-state index contributed by atoms with van der Waals surface area (Å²) in [6, 6.07) is 5.21. The van der Waals surface area contributed by atoms with E-state index in [1.807, 2.05) is 17.9 Å². The lowest BCUT2D eigenvalue weighted by atomic mass is 9.92. The molecule has 6 heteroatoms. The average Bonchev–Trinajstić information content (AvgIpc) is 3.06. The molecule has 0 spiro atoms. The molecule has 0 radical (unpaired) electrons. The molecule has 0 unspecified atom stereocenters. The molecule has 1 aromatic carbocycles. The molecule has 3 amide bonds. The second-order valence-electron chi connectivity index (χ2n) is 7.38. The predicted molar refractivity (Wildman–Crippen MR) is 92.2 cm³/mol. The first-order chi connectivity index (χ1) is 12.0. The molecular formula is C19H23N3O3. The molecule has 2 atom stereocenters. The predicted octanol–water partition coefficient (Wildman–Crippen LogP) is 1.05. The molecule has 6 nitrogen and oxygen atoms in total. The van der Waals surface area contributed by atoms with Gasteiger partial charge in [-0.15, -0.1) is 0 Å². The summed E-state index contributed by atoms with van der Waals surface area (Å²) < 4.78 is 0. The van der Waals surface area contributed by atoms with Crippen LogP contribution in [-0.4, -0.2) is 60.2 Å². The summed E-state index contributed by atoms with van der Waals surface area (Å²) in [4.78, 5) is 40.6. The van der Waals surface area contributed by atoms with Gasteiger partial charge in [-0.3, -0.25) is 19.3 Å². The molecule has 25 heavy (non-hydrogen) atoms. The number of amides is 3. The summed E-state index contributed by atoms with van der Waals surface area (Å²) in [7, 11) is 0. The van der Waals surface area contributed by atoms with Crippen LogP contribution in [-0.2, 0) is 4.79 Å². The standard InChI is InChI=1S/C19H23N3O3/c1-12-2-3-15-16(8-12)19(25)22(18(15)24)11-17(23)21-6-4-13-9-20-10-14(13)5-7-21/h2-3,8,13-14,20H,4-7,9-11H2,1H3/t13-,14+. The lowest BCUT2D eigenvalue weighted by Gasteiger charge is -2.23. The van der Waals surface area contributed by atoms with E-state index in [-0.39, 0.29) is 24.3 Å². The van der Waals surface area contributed by atoms with E-state index < -0.39 is 0 Å². The molecule has 0 bridgehead atoms. The van der Waals surface area contributed by atoms with Gasteiger partial charge in [-0.2, -0.15) is 0 Å². The number of rotatable bonds is 2.